The maximum absolute atomic E-state index is 6.07. The first kappa shape index (κ1) is 16.2. The molecule has 4 nitrogen and oxygen atoms in total. The van der Waals surface area contributed by atoms with E-state index in [0.29, 0.717) is 5.75 Å². The van der Waals surface area contributed by atoms with Crippen molar-refractivity contribution in [2.24, 2.45) is 5.73 Å². The molecule has 0 aromatic heterocycles. The molecule has 0 saturated carbocycles. The van der Waals surface area contributed by atoms with Crippen LogP contribution < -0.4 is 20.1 Å². The third-order valence-electron chi connectivity index (χ3n) is 3.70. The molecule has 118 valence electrons. The van der Waals surface area contributed by atoms with Crippen LogP contribution in [0.1, 0.15) is 18.5 Å². The van der Waals surface area contributed by atoms with Crippen LogP contribution in [-0.2, 0) is 0 Å². The number of hydrogen-bond donors (Lipinski definition) is 1. The summed E-state index contributed by atoms with van der Waals surface area (Å²) in [5.74, 6) is 1.42. The third-order valence-corrected chi connectivity index (χ3v) is 3.70. The minimum atomic E-state index is -0.0786. The monoisotopic (exact) mass is 300 g/mol. The average molecular weight is 300 g/mol. The lowest BCUT2D eigenvalue weighted by Crippen LogP contribution is -2.11. The zero-order chi connectivity index (χ0) is 16.3. The van der Waals surface area contributed by atoms with Gasteiger partial charge in [-0.1, -0.05) is 18.2 Å². The van der Waals surface area contributed by atoms with Gasteiger partial charge < -0.3 is 20.1 Å². The average Bonchev–Trinajstić information content (AvgIpc) is 2.53. The highest BCUT2D eigenvalue weighted by Crippen LogP contribution is 2.43. The minimum Gasteiger partial charge on any atom is -0.493 e. The van der Waals surface area contributed by atoms with Crippen molar-refractivity contribution in [3.8, 4) is 22.6 Å². The van der Waals surface area contributed by atoms with Crippen molar-refractivity contribution < 1.29 is 9.47 Å². The number of nitrogens with two attached hydrogens (primary N) is 1. The Bertz CT molecular complexity index is 652. The molecule has 0 aliphatic carbocycles. The van der Waals surface area contributed by atoms with Crippen LogP contribution in [0.4, 0.5) is 5.69 Å². The predicted molar refractivity (Wildman–Crippen MR) is 91.9 cm³/mol. The van der Waals surface area contributed by atoms with Gasteiger partial charge in [-0.25, -0.2) is 0 Å². The molecular formula is C18H24N2O2. The van der Waals surface area contributed by atoms with Crippen molar-refractivity contribution in [3.05, 3.63) is 42.0 Å². The standard InChI is InChI=1S/C18H24N2O2/c1-12(19)13-10-15(18(22-5)17(11-13)21-4)14-8-6-7-9-16(14)20(2)3/h6-12H,19H2,1-5H3. The minimum absolute atomic E-state index is 0.0786. The summed E-state index contributed by atoms with van der Waals surface area (Å²) in [5, 5.41) is 0. The quantitative estimate of drug-likeness (QED) is 0.918. The topological polar surface area (TPSA) is 47.7 Å². The van der Waals surface area contributed by atoms with E-state index in [0.717, 1.165) is 28.1 Å². The molecule has 2 aromatic carbocycles. The van der Waals surface area contributed by atoms with E-state index in [9.17, 15) is 0 Å². The summed E-state index contributed by atoms with van der Waals surface area (Å²) in [6.45, 7) is 1.96. The Balaban J connectivity index is 2.76. The molecule has 0 radical (unpaired) electrons. The fourth-order valence-corrected chi connectivity index (χ4v) is 2.54. The second kappa shape index (κ2) is 6.71. The molecule has 1 atom stereocenters. The molecule has 0 fully saturated rings. The van der Waals surface area contributed by atoms with Gasteiger partial charge in [-0.2, -0.15) is 0 Å². The zero-order valence-electron chi connectivity index (χ0n) is 13.9. The summed E-state index contributed by atoms with van der Waals surface area (Å²) in [6.07, 6.45) is 0. The lowest BCUT2D eigenvalue weighted by atomic mass is 9.97. The van der Waals surface area contributed by atoms with E-state index in [1.165, 1.54) is 0 Å². The molecule has 0 saturated heterocycles. The molecule has 0 amide bonds. The Morgan fingerprint density at radius 2 is 1.68 bits per heavy atom. The summed E-state index contributed by atoms with van der Waals surface area (Å²) in [7, 11) is 7.35. The van der Waals surface area contributed by atoms with Gasteiger partial charge in [0, 0.05) is 37.0 Å². The molecule has 22 heavy (non-hydrogen) atoms. The van der Waals surface area contributed by atoms with E-state index >= 15 is 0 Å². The number of ether oxygens (including phenoxy) is 2. The highest BCUT2D eigenvalue weighted by molar-refractivity contribution is 5.84. The van der Waals surface area contributed by atoms with Crippen molar-refractivity contribution in [2.45, 2.75) is 13.0 Å². The Hall–Kier alpha value is -2.20. The van der Waals surface area contributed by atoms with Crippen LogP contribution in [0.15, 0.2) is 36.4 Å². The van der Waals surface area contributed by atoms with Crippen LogP contribution in [0.3, 0.4) is 0 Å². The summed E-state index contributed by atoms with van der Waals surface area (Å²) in [4.78, 5) is 2.08. The largest absolute Gasteiger partial charge is 0.493 e. The first-order valence-electron chi connectivity index (χ1n) is 7.27. The van der Waals surface area contributed by atoms with Crippen LogP contribution in [0.25, 0.3) is 11.1 Å². The summed E-state index contributed by atoms with van der Waals surface area (Å²) >= 11 is 0. The van der Waals surface area contributed by atoms with Gasteiger partial charge in [-0.15, -0.1) is 0 Å². The van der Waals surface area contributed by atoms with Gasteiger partial charge in [0.25, 0.3) is 0 Å². The van der Waals surface area contributed by atoms with Crippen LogP contribution in [0.2, 0.25) is 0 Å². The van der Waals surface area contributed by atoms with Crippen molar-refractivity contribution >= 4 is 5.69 Å². The maximum atomic E-state index is 6.07. The molecule has 0 bridgehead atoms. The maximum Gasteiger partial charge on any atom is 0.168 e. The fourth-order valence-electron chi connectivity index (χ4n) is 2.54. The molecule has 2 rings (SSSR count). The van der Waals surface area contributed by atoms with E-state index in [1.54, 1.807) is 14.2 Å². The Morgan fingerprint density at radius 1 is 1.00 bits per heavy atom. The number of nitrogens with zero attached hydrogens (tertiary/aromatic N) is 1. The van der Waals surface area contributed by atoms with Gasteiger partial charge in [-0.3, -0.25) is 0 Å². The zero-order valence-corrected chi connectivity index (χ0v) is 13.9. The van der Waals surface area contributed by atoms with Crippen LogP contribution >= 0.6 is 0 Å². The first-order valence-corrected chi connectivity index (χ1v) is 7.27. The van der Waals surface area contributed by atoms with E-state index in [-0.39, 0.29) is 6.04 Å². The number of rotatable bonds is 5. The second-order valence-electron chi connectivity index (χ2n) is 5.50. The predicted octanol–water partition coefficient (Wildman–Crippen LogP) is 3.46. The molecule has 4 heteroatoms. The Kier molecular flexibility index (Phi) is 4.93. The Morgan fingerprint density at radius 3 is 2.23 bits per heavy atom. The van der Waals surface area contributed by atoms with Gasteiger partial charge in [0.1, 0.15) is 0 Å². The van der Waals surface area contributed by atoms with Crippen LogP contribution in [0, 0.1) is 0 Å². The normalized spacial score (nSPS) is 11.9. The summed E-state index contributed by atoms with van der Waals surface area (Å²) in [5.41, 5.74) is 10.3. The summed E-state index contributed by atoms with van der Waals surface area (Å²) < 4.78 is 11.1. The van der Waals surface area contributed by atoms with Crippen molar-refractivity contribution in [1.82, 2.24) is 0 Å². The van der Waals surface area contributed by atoms with E-state index < -0.39 is 0 Å². The number of benzene rings is 2. The highest BCUT2D eigenvalue weighted by atomic mass is 16.5. The fraction of sp³-hybridized carbons (Fsp3) is 0.333. The van der Waals surface area contributed by atoms with Crippen LogP contribution in [-0.4, -0.2) is 28.3 Å². The molecule has 0 heterocycles. The third kappa shape index (κ3) is 3.02. The number of anilines is 1. The summed E-state index contributed by atoms with van der Waals surface area (Å²) in [6, 6.07) is 12.1. The van der Waals surface area contributed by atoms with Crippen molar-refractivity contribution in [3.63, 3.8) is 0 Å². The lowest BCUT2D eigenvalue weighted by molar-refractivity contribution is 0.355. The van der Waals surface area contributed by atoms with Gasteiger partial charge in [-0.05, 0) is 30.7 Å². The van der Waals surface area contributed by atoms with Gasteiger partial charge in [0.05, 0.1) is 14.2 Å². The molecule has 2 N–H and O–H groups in total. The smallest absolute Gasteiger partial charge is 0.168 e. The number of methoxy groups -OCH3 is 2. The van der Waals surface area contributed by atoms with Crippen molar-refractivity contribution in [1.29, 1.82) is 0 Å². The van der Waals surface area contributed by atoms with E-state index in [2.05, 4.69) is 23.1 Å². The number of para-hydroxylation sites is 1. The van der Waals surface area contributed by atoms with E-state index in [4.69, 9.17) is 15.2 Å². The molecular weight excluding hydrogens is 276 g/mol. The van der Waals surface area contributed by atoms with E-state index in [1.807, 2.05) is 39.2 Å². The number of hydrogen-bond acceptors (Lipinski definition) is 4. The van der Waals surface area contributed by atoms with Crippen LogP contribution in [0.5, 0.6) is 11.5 Å². The second-order valence-corrected chi connectivity index (χ2v) is 5.50. The molecule has 1 unspecified atom stereocenters. The molecule has 0 aliphatic rings. The highest BCUT2D eigenvalue weighted by Gasteiger charge is 2.18. The molecule has 2 aromatic rings. The van der Waals surface area contributed by atoms with Gasteiger partial charge >= 0.3 is 0 Å². The molecule has 0 spiro atoms. The van der Waals surface area contributed by atoms with Gasteiger partial charge in [0.15, 0.2) is 11.5 Å². The SMILES string of the molecule is COc1cc(C(C)N)cc(-c2ccccc2N(C)C)c1OC. The molecule has 0 aliphatic heterocycles. The first-order chi connectivity index (χ1) is 10.5. The Labute approximate surface area is 132 Å². The lowest BCUT2D eigenvalue weighted by Gasteiger charge is -2.21. The van der Waals surface area contributed by atoms with Gasteiger partial charge in [0.2, 0.25) is 0 Å². The van der Waals surface area contributed by atoms with Crippen molar-refractivity contribution in [2.75, 3.05) is 33.2 Å².